The van der Waals surface area contributed by atoms with Gasteiger partial charge in [0.2, 0.25) is 0 Å². The van der Waals surface area contributed by atoms with Crippen LogP contribution in [0.15, 0.2) is 35.1 Å². The van der Waals surface area contributed by atoms with Crippen molar-refractivity contribution < 1.29 is 18.3 Å². The molecule has 0 bridgehead atoms. The smallest absolute Gasteiger partial charge is 0.350 e. The first-order chi connectivity index (χ1) is 16.3. The van der Waals surface area contributed by atoms with Gasteiger partial charge >= 0.3 is 5.69 Å². The summed E-state index contributed by atoms with van der Waals surface area (Å²) in [4.78, 5) is 26.0. The highest BCUT2D eigenvalue weighted by atomic mass is 19.1. The first-order valence-electron chi connectivity index (χ1n) is 11.5. The molecular weight excluding hydrogens is 442 g/mol. The molecule has 1 aromatic heterocycles. The SMILES string of the molecule is CCCC(C)Oc1cc(-n2nc3n(c2=O)CCCC3)c(F)cc1C(=O)Nc1ccc(F)cc1C. The molecule has 1 aliphatic heterocycles. The molecule has 1 unspecified atom stereocenters. The van der Waals surface area contributed by atoms with Gasteiger partial charge in [-0.25, -0.2) is 13.6 Å². The zero-order chi connectivity index (χ0) is 24.4. The standard InChI is InChI=1S/C25H28F2N4O3/c1-4-7-16(3)34-22-14-21(31-25(33)30-11-6-5-8-23(30)29-31)19(27)13-18(22)24(32)28-20-10-9-17(26)12-15(20)2/h9-10,12-14,16H,4-8,11H2,1-3H3,(H,28,32). The summed E-state index contributed by atoms with van der Waals surface area (Å²) in [5.74, 6) is -1.03. The first kappa shape index (κ1) is 23.7. The van der Waals surface area contributed by atoms with Crippen LogP contribution in [0.5, 0.6) is 5.75 Å². The van der Waals surface area contributed by atoms with Crippen molar-refractivity contribution in [1.82, 2.24) is 14.3 Å². The van der Waals surface area contributed by atoms with Crippen LogP contribution in [0.2, 0.25) is 0 Å². The summed E-state index contributed by atoms with van der Waals surface area (Å²) < 4.78 is 37.3. The average Bonchev–Trinajstić information content (AvgIpc) is 3.13. The molecule has 34 heavy (non-hydrogen) atoms. The normalized spacial score (nSPS) is 13.9. The van der Waals surface area contributed by atoms with Gasteiger partial charge in [0.15, 0.2) is 0 Å². The topological polar surface area (TPSA) is 78.2 Å². The summed E-state index contributed by atoms with van der Waals surface area (Å²) >= 11 is 0. The van der Waals surface area contributed by atoms with E-state index < -0.39 is 23.2 Å². The van der Waals surface area contributed by atoms with Gasteiger partial charge in [0.1, 0.15) is 28.9 Å². The number of amides is 1. The molecule has 9 heteroatoms. The fourth-order valence-electron chi connectivity index (χ4n) is 4.18. The van der Waals surface area contributed by atoms with Gasteiger partial charge in [-0.3, -0.25) is 9.36 Å². The van der Waals surface area contributed by atoms with Crippen molar-refractivity contribution in [3.63, 3.8) is 0 Å². The predicted molar refractivity (Wildman–Crippen MR) is 125 cm³/mol. The zero-order valence-corrected chi connectivity index (χ0v) is 19.5. The van der Waals surface area contributed by atoms with Crippen molar-refractivity contribution in [3.05, 3.63) is 69.4 Å². The van der Waals surface area contributed by atoms with Crippen molar-refractivity contribution in [3.8, 4) is 11.4 Å². The largest absolute Gasteiger partial charge is 0.490 e. The van der Waals surface area contributed by atoms with Crippen LogP contribution in [0, 0.1) is 18.6 Å². The van der Waals surface area contributed by atoms with E-state index in [0.29, 0.717) is 30.0 Å². The van der Waals surface area contributed by atoms with Gasteiger partial charge in [-0.15, -0.1) is 5.10 Å². The minimum atomic E-state index is -0.769. The number of aryl methyl sites for hydroxylation is 2. The third kappa shape index (κ3) is 4.73. The number of benzene rings is 2. The van der Waals surface area contributed by atoms with Crippen LogP contribution in [0.25, 0.3) is 5.69 Å². The lowest BCUT2D eigenvalue weighted by atomic mass is 10.1. The molecule has 1 atom stereocenters. The second-order valence-corrected chi connectivity index (χ2v) is 8.65. The number of nitrogens with one attached hydrogen (secondary N) is 1. The van der Waals surface area contributed by atoms with Crippen molar-refractivity contribution in [2.24, 2.45) is 0 Å². The molecule has 2 aromatic carbocycles. The number of carbonyl (C=O) groups is 1. The Morgan fingerprint density at radius 1 is 1.24 bits per heavy atom. The maximum atomic E-state index is 15.3. The average molecular weight is 471 g/mol. The number of fused-ring (bicyclic) bond motifs is 1. The summed E-state index contributed by atoms with van der Waals surface area (Å²) in [5.41, 5.74) is 0.425. The lowest BCUT2D eigenvalue weighted by Gasteiger charge is -2.18. The Bertz CT molecular complexity index is 1280. The highest BCUT2D eigenvalue weighted by Crippen LogP contribution is 2.28. The maximum absolute atomic E-state index is 15.3. The lowest BCUT2D eigenvalue weighted by Crippen LogP contribution is -2.27. The summed E-state index contributed by atoms with van der Waals surface area (Å²) in [6.45, 7) is 6.08. The second kappa shape index (κ2) is 9.79. The monoisotopic (exact) mass is 470 g/mol. The van der Waals surface area contributed by atoms with E-state index in [2.05, 4.69) is 10.4 Å². The van der Waals surface area contributed by atoms with E-state index in [4.69, 9.17) is 4.74 Å². The molecule has 2 heterocycles. The zero-order valence-electron chi connectivity index (χ0n) is 19.5. The number of carbonyl (C=O) groups excluding carboxylic acids is 1. The molecule has 0 radical (unpaired) electrons. The van der Waals surface area contributed by atoms with Gasteiger partial charge in [-0.1, -0.05) is 13.3 Å². The van der Waals surface area contributed by atoms with Crippen LogP contribution >= 0.6 is 0 Å². The van der Waals surface area contributed by atoms with Gasteiger partial charge < -0.3 is 10.1 Å². The number of anilines is 1. The van der Waals surface area contributed by atoms with Crippen molar-refractivity contribution >= 4 is 11.6 Å². The minimum absolute atomic E-state index is 0.0232. The molecule has 7 nitrogen and oxygen atoms in total. The van der Waals surface area contributed by atoms with Gasteiger partial charge in [-0.05, 0) is 62.9 Å². The molecule has 1 aliphatic rings. The highest BCUT2D eigenvalue weighted by molar-refractivity contribution is 6.06. The van der Waals surface area contributed by atoms with E-state index in [9.17, 15) is 14.0 Å². The third-order valence-corrected chi connectivity index (χ3v) is 5.95. The molecule has 3 aromatic rings. The number of aromatic nitrogens is 3. The third-order valence-electron chi connectivity index (χ3n) is 5.95. The van der Waals surface area contributed by atoms with Crippen LogP contribution in [-0.2, 0) is 13.0 Å². The van der Waals surface area contributed by atoms with Crippen LogP contribution < -0.4 is 15.7 Å². The molecular formula is C25H28F2N4O3. The van der Waals surface area contributed by atoms with Gasteiger partial charge in [0.05, 0.1) is 11.7 Å². The van der Waals surface area contributed by atoms with Gasteiger partial charge in [-0.2, -0.15) is 4.68 Å². The number of halogens is 2. The van der Waals surface area contributed by atoms with E-state index in [-0.39, 0.29) is 23.1 Å². The molecule has 4 rings (SSSR count). The van der Waals surface area contributed by atoms with Crippen LogP contribution in [0.3, 0.4) is 0 Å². The van der Waals surface area contributed by atoms with Gasteiger partial charge in [0.25, 0.3) is 5.91 Å². The van der Waals surface area contributed by atoms with Crippen molar-refractivity contribution in [2.45, 2.75) is 65.5 Å². The van der Waals surface area contributed by atoms with Crippen LogP contribution in [0.4, 0.5) is 14.5 Å². The van der Waals surface area contributed by atoms with E-state index >= 15 is 4.39 Å². The molecule has 0 aliphatic carbocycles. The quantitative estimate of drug-likeness (QED) is 0.539. The molecule has 0 spiro atoms. The number of nitrogens with zero attached hydrogens (tertiary/aromatic N) is 3. The number of ether oxygens (including phenoxy) is 1. The van der Waals surface area contributed by atoms with E-state index in [1.165, 1.54) is 24.3 Å². The Hall–Kier alpha value is -3.49. The van der Waals surface area contributed by atoms with Crippen molar-refractivity contribution in [1.29, 1.82) is 0 Å². The first-order valence-corrected chi connectivity index (χ1v) is 11.5. The highest BCUT2D eigenvalue weighted by Gasteiger charge is 2.24. The Morgan fingerprint density at radius 3 is 2.74 bits per heavy atom. The molecule has 0 saturated carbocycles. The van der Waals surface area contributed by atoms with Crippen LogP contribution in [0.1, 0.15) is 61.3 Å². The fraction of sp³-hybridized carbons (Fsp3) is 0.400. The van der Waals surface area contributed by atoms with Crippen molar-refractivity contribution in [2.75, 3.05) is 5.32 Å². The summed E-state index contributed by atoms with van der Waals surface area (Å²) in [6, 6.07) is 6.40. The molecule has 1 amide bonds. The van der Waals surface area contributed by atoms with E-state index in [1.807, 2.05) is 13.8 Å². The summed E-state index contributed by atoms with van der Waals surface area (Å²) in [7, 11) is 0. The minimum Gasteiger partial charge on any atom is -0.490 e. The predicted octanol–water partition coefficient (Wildman–Crippen LogP) is 4.78. The van der Waals surface area contributed by atoms with Gasteiger partial charge in [0, 0.05) is 24.7 Å². The molecule has 1 N–H and O–H groups in total. The second-order valence-electron chi connectivity index (χ2n) is 8.65. The fourth-order valence-corrected chi connectivity index (χ4v) is 4.18. The molecule has 0 saturated heterocycles. The van der Waals surface area contributed by atoms with Crippen LogP contribution in [-0.4, -0.2) is 26.4 Å². The maximum Gasteiger partial charge on any atom is 0.350 e. The lowest BCUT2D eigenvalue weighted by molar-refractivity contribution is 0.101. The summed E-state index contributed by atoms with van der Waals surface area (Å²) in [6.07, 6.45) is 3.78. The Balaban J connectivity index is 1.76. The Labute approximate surface area is 196 Å². The molecule has 0 fully saturated rings. The number of hydrogen-bond donors (Lipinski definition) is 1. The Kier molecular flexibility index (Phi) is 6.81. The number of rotatable bonds is 7. The van der Waals surface area contributed by atoms with E-state index in [0.717, 1.165) is 36.4 Å². The molecule has 180 valence electrons. The number of hydrogen-bond acceptors (Lipinski definition) is 4. The Morgan fingerprint density at radius 2 is 2.03 bits per heavy atom. The summed E-state index contributed by atoms with van der Waals surface area (Å²) in [5, 5.41) is 7.03. The van der Waals surface area contributed by atoms with E-state index in [1.54, 1.807) is 11.5 Å².